The van der Waals surface area contributed by atoms with Crippen molar-refractivity contribution in [3.05, 3.63) is 37.2 Å². The van der Waals surface area contributed by atoms with Crippen LogP contribution in [0.2, 0.25) is 0 Å². The summed E-state index contributed by atoms with van der Waals surface area (Å²) in [6.07, 6.45) is 18.6. The fourth-order valence-corrected chi connectivity index (χ4v) is 13.7. The van der Waals surface area contributed by atoms with Gasteiger partial charge in [0.25, 0.3) is 0 Å². The summed E-state index contributed by atoms with van der Waals surface area (Å²) in [5, 5.41) is 2.07. The lowest BCUT2D eigenvalue weighted by atomic mass is 9.86. The molecule has 4 heterocycles. The topological polar surface area (TPSA) is 161 Å². The van der Waals surface area contributed by atoms with Gasteiger partial charge in [-0.2, -0.15) is 0 Å². The van der Waals surface area contributed by atoms with Crippen LogP contribution in [0.3, 0.4) is 0 Å². The number of aromatic nitrogens is 6. The second-order valence-corrected chi connectivity index (χ2v) is 20.5. The first-order chi connectivity index (χ1) is 24.0. The Morgan fingerprint density at radius 1 is 0.720 bits per heavy atom. The van der Waals surface area contributed by atoms with E-state index >= 15 is 0 Å². The summed E-state index contributed by atoms with van der Waals surface area (Å²) in [6.45, 7) is 0. The van der Waals surface area contributed by atoms with Gasteiger partial charge in [-0.3, -0.25) is 9.56 Å². The van der Waals surface area contributed by atoms with Gasteiger partial charge < -0.3 is 19.4 Å². The van der Waals surface area contributed by atoms with Crippen molar-refractivity contribution < 1.29 is 8.42 Å². The van der Waals surface area contributed by atoms with Crippen LogP contribution in [0.4, 0.5) is 11.6 Å². The summed E-state index contributed by atoms with van der Waals surface area (Å²) in [7, 11) is -0.897. The van der Waals surface area contributed by atoms with Gasteiger partial charge in [-0.15, -0.1) is 0 Å². The van der Waals surface area contributed by atoms with Crippen molar-refractivity contribution in [1.82, 2.24) is 29.5 Å². The largest absolute Gasteiger partial charge is 0.356 e. The standard InChI is InChI=1S/C36H52N10O2S2/c1-44(34-30-13-15-39-33(30)40-22-41-34)28-9-7-26(8-10-28)20-50(38,48)21-27-17-32(27)46-16-14-31-35(42-23-43-36(31)46)45(2)29-11-5-25(6-12-29)19-49(37,47)18-24-3-4-24/h13-16,22-29,32,37-38H,3-12,17-21H2,1-2H3,(H,39,40,41)/t25-,26-,27?,28+,29-,32?,49?,50?. The molecule has 14 heteroatoms. The van der Waals surface area contributed by atoms with E-state index in [2.05, 4.69) is 55.7 Å². The van der Waals surface area contributed by atoms with Crippen LogP contribution >= 0.6 is 0 Å². The van der Waals surface area contributed by atoms with E-state index < -0.39 is 19.5 Å². The molecule has 4 atom stereocenters. The Kier molecular flexibility index (Phi) is 9.06. The monoisotopic (exact) mass is 720 g/mol. The van der Waals surface area contributed by atoms with E-state index in [1.165, 1.54) is 0 Å². The normalized spacial score (nSPS) is 29.4. The minimum Gasteiger partial charge on any atom is -0.356 e. The highest BCUT2D eigenvalue weighted by Gasteiger charge is 2.42. The number of aromatic amines is 1. The number of hydrogen-bond donors (Lipinski definition) is 3. The minimum atomic E-state index is -2.68. The van der Waals surface area contributed by atoms with Crippen molar-refractivity contribution in [2.24, 2.45) is 23.7 Å². The van der Waals surface area contributed by atoms with Crippen LogP contribution in [0.1, 0.15) is 76.7 Å². The fraction of sp³-hybridized carbons (Fsp3) is 0.667. The lowest BCUT2D eigenvalue weighted by Gasteiger charge is -2.35. The average molecular weight is 721 g/mol. The average Bonchev–Trinajstić information content (AvgIpc) is 3.95. The summed E-state index contributed by atoms with van der Waals surface area (Å²) in [5.74, 6) is 5.49. The number of rotatable bonds is 13. The Labute approximate surface area is 296 Å². The van der Waals surface area contributed by atoms with Gasteiger partial charge in [0.05, 0.1) is 10.8 Å². The second-order valence-electron chi connectivity index (χ2n) is 16.0. The first-order valence-corrected chi connectivity index (χ1v) is 22.4. The van der Waals surface area contributed by atoms with Crippen LogP contribution in [-0.2, 0) is 19.5 Å². The fourth-order valence-electron chi connectivity index (χ4n) is 9.05. The first-order valence-electron chi connectivity index (χ1n) is 18.6. The minimum absolute atomic E-state index is 0.222. The second kappa shape index (κ2) is 13.4. The number of nitrogens with one attached hydrogen (secondary N) is 3. The molecule has 4 aliphatic rings. The molecular formula is C36H52N10O2S2. The molecular weight excluding hydrogens is 669 g/mol. The van der Waals surface area contributed by atoms with Crippen LogP contribution in [0, 0.1) is 33.2 Å². The quantitative estimate of drug-likeness (QED) is 0.142. The molecule has 4 unspecified atom stereocenters. The third-order valence-electron chi connectivity index (χ3n) is 12.2. The van der Waals surface area contributed by atoms with E-state index in [4.69, 9.17) is 19.5 Å². The molecule has 3 N–H and O–H groups in total. The number of hydrogen-bond acceptors (Lipinski definition) is 10. The Morgan fingerprint density at radius 3 is 1.82 bits per heavy atom. The molecule has 0 radical (unpaired) electrons. The number of nitrogens with zero attached hydrogens (tertiary/aromatic N) is 7. The molecule has 0 aromatic carbocycles. The Morgan fingerprint density at radius 2 is 1.24 bits per heavy atom. The van der Waals surface area contributed by atoms with Crippen LogP contribution in [-0.4, -0.2) is 87.1 Å². The lowest BCUT2D eigenvalue weighted by Crippen LogP contribution is -2.37. The maximum atomic E-state index is 13.7. The number of anilines is 2. The molecule has 4 aliphatic carbocycles. The van der Waals surface area contributed by atoms with Gasteiger partial charge in [0.1, 0.15) is 35.6 Å². The highest BCUT2D eigenvalue weighted by molar-refractivity contribution is 7.92. The summed E-state index contributed by atoms with van der Waals surface area (Å²) in [6, 6.07) is 5.10. The van der Waals surface area contributed by atoms with E-state index in [1.807, 2.05) is 12.3 Å². The van der Waals surface area contributed by atoms with Crippen LogP contribution in [0.25, 0.3) is 22.1 Å². The SMILES string of the molecule is CN(c1ncnc2[nH]ccc12)[C@H]1CC[C@@H](CS(=N)(=O)CC2CC2n2ccc3c(N(C)[C@H]4CC[C@H](CS(=N)(=O)CC5CC5)CC4)ncnc32)CC1. The molecule has 0 saturated heterocycles. The van der Waals surface area contributed by atoms with Gasteiger partial charge in [0, 0.05) is 87.1 Å². The van der Waals surface area contributed by atoms with Crippen LogP contribution in [0.15, 0.2) is 37.2 Å². The zero-order valence-corrected chi connectivity index (χ0v) is 31.0. The summed E-state index contributed by atoms with van der Waals surface area (Å²) >= 11 is 0. The molecule has 12 nitrogen and oxygen atoms in total. The van der Waals surface area contributed by atoms with Gasteiger partial charge in [0.2, 0.25) is 0 Å². The van der Waals surface area contributed by atoms with Crippen molar-refractivity contribution in [3.63, 3.8) is 0 Å². The molecule has 0 bridgehead atoms. The first kappa shape index (κ1) is 33.9. The van der Waals surface area contributed by atoms with E-state index in [0.29, 0.717) is 52.8 Å². The van der Waals surface area contributed by atoms with Crippen LogP contribution < -0.4 is 9.80 Å². The lowest BCUT2D eigenvalue weighted by molar-refractivity contribution is 0.342. The zero-order chi connectivity index (χ0) is 34.6. The van der Waals surface area contributed by atoms with Crippen molar-refractivity contribution in [2.45, 2.75) is 88.8 Å². The van der Waals surface area contributed by atoms with E-state index in [9.17, 15) is 8.42 Å². The Bertz CT molecular complexity index is 2040. The zero-order valence-electron chi connectivity index (χ0n) is 29.4. The van der Waals surface area contributed by atoms with Gasteiger partial charge in [-0.25, -0.2) is 28.4 Å². The van der Waals surface area contributed by atoms with Gasteiger partial charge in [-0.05, 0) is 106 Å². The van der Waals surface area contributed by atoms with E-state index in [1.54, 1.807) is 12.7 Å². The Hall–Kier alpha value is -3.26. The summed E-state index contributed by atoms with van der Waals surface area (Å²) in [5.41, 5.74) is 1.76. The molecule has 4 aromatic heterocycles. The van der Waals surface area contributed by atoms with Gasteiger partial charge >= 0.3 is 0 Å². The smallest absolute Gasteiger partial charge is 0.145 e. The Balaban J connectivity index is 0.839. The molecule has 50 heavy (non-hydrogen) atoms. The molecule has 4 aromatic rings. The van der Waals surface area contributed by atoms with Crippen molar-refractivity contribution >= 4 is 53.2 Å². The van der Waals surface area contributed by atoms with Gasteiger partial charge in [0.15, 0.2) is 0 Å². The molecule has 0 spiro atoms. The third kappa shape index (κ3) is 7.24. The molecule has 0 amide bonds. The van der Waals surface area contributed by atoms with Crippen molar-refractivity contribution in [2.75, 3.05) is 46.9 Å². The summed E-state index contributed by atoms with van der Waals surface area (Å²) < 4.78 is 46.0. The highest BCUT2D eigenvalue weighted by atomic mass is 32.2. The molecule has 8 rings (SSSR count). The van der Waals surface area contributed by atoms with Crippen molar-refractivity contribution in [1.29, 1.82) is 9.56 Å². The van der Waals surface area contributed by atoms with Gasteiger partial charge in [-0.1, -0.05) is 0 Å². The maximum absolute atomic E-state index is 13.7. The molecule has 0 aliphatic heterocycles. The third-order valence-corrected chi connectivity index (χ3v) is 16.2. The molecule has 270 valence electrons. The number of fused-ring (bicyclic) bond motifs is 2. The van der Waals surface area contributed by atoms with Crippen molar-refractivity contribution in [3.8, 4) is 0 Å². The predicted molar refractivity (Wildman–Crippen MR) is 201 cm³/mol. The molecule has 4 fully saturated rings. The van der Waals surface area contributed by atoms with E-state index in [-0.39, 0.29) is 12.0 Å². The summed E-state index contributed by atoms with van der Waals surface area (Å²) in [4.78, 5) is 26.0. The van der Waals surface area contributed by atoms with E-state index in [0.717, 1.165) is 104 Å². The highest BCUT2D eigenvalue weighted by Crippen LogP contribution is 2.47. The molecule has 4 saturated carbocycles. The predicted octanol–water partition coefficient (Wildman–Crippen LogP) is 6.46. The number of H-pyrrole nitrogens is 1. The van der Waals surface area contributed by atoms with Crippen LogP contribution in [0.5, 0.6) is 0 Å². The maximum Gasteiger partial charge on any atom is 0.145 e.